The average molecular weight is 825 g/mol. The van der Waals surface area contributed by atoms with Crippen LogP contribution in [0.15, 0.2) is 121 Å². The standard InChI is InChI=1S/C57H64F4/c1-3-5-14-18-42-22-30-46(31-23-42)50-38-40-52(56(60)54(50)58)48-34-26-44(27-35-48)20-16-12-10-8-7-9-11-13-17-21-45-28-36-49(37-29-45)53-41-39-51(55(59)57(53)61)47-32-24-43(25-33-47)19-15-6-4-2/h22-41H,3-21H2,1-2H3. The molecule has 0 aliphatic rings. The summed E-state index contributed by atoms with van der Waals surface area (Å²) in [4.78, 5) is 0. The van der Waals surface area contributed by atoms with Gasteiger partial charge in [-0.1, -0.05) is 206 Å². The summed E-state index contributed by atoms with van der Waals surface area (Å²) in [5, 5.41) is 0. The van der Waals surface area contributed by atoms with Crippen molar-refractivity contribution in [2.45, 2.75) is 136 Å². The van der Waals surface area contributed by atoms with Crippen molar-refractivity contribution < 1.29 is 17.6 Å². The predicted molar refractivity (Wildman–Crippen MR) is 250 cm³/mol. The van der Waals surface area contributed by atoms with Crippen molar-refractivity contribution in [2.75, 3.05) is 0 Å². The Kier molecular flexibility index (Phi) is 17.8. The Labute approximate surface area is 363 Å². The maximum absolute atomic E-state index is 15.3. The molecule has 4 heteroatoms. The summed E-state index contributed by atoms with van der Waals surface area (Å²) < 4.78 is 61.1. The van der Waals surface area contributed by atoms with Gasteiger partial charge in [0.05, 0.1) is 0 Å². The van der Waals surface area contributed by atoms with E-state index in [2.05, 4.69) is 13.8 Å². The maximum atomic E-state index is 15.3. The van der Waals surface area contributed by atoms with Crippen LogP contribution in [0.5, 0.6) is 0 Å². The van der Waals surface area contributed by atoms with Crippen molar-refractivity contribution in [1.29, 1.82) is 0 Å². The first-order valence-corrected chi connectivity index (χ1v) is 23.2. The summed E-state index contributed by atoms with van der Waals surface area (Å²) in [5.41, 5.74) is 8.85. The Morgan fingerprint density at radius 2 is 0.443 bits per heavy atom. The minimum Gasteiger partial charge on any atom is -0.203 e. The molecule has 320 valence electrons. The van der Waals surface area contributed by atoms with Gasteiger partial charge in [0.1, 0.15) is 0 Å². The number of halogens is 4. The van der Waals surface area contributed by atoms with Gasteiger partial charge in [0, 0.05) is 22.3 Å². The van der Waals surface area contributed by atoms with Gasteiger partial charge >= 0.3 is 0 Å². The van der Waals surface area contributed by atoms with E-state index < -0.39 is 23.3 Å². The first-order chi connectivity index (χ1) is 29.9. The molecule has 0 spiro atoms. The second kappa shape index (κ2) is 23.9. The molecule has 0 saturated carbocycles. The largest absolute Gasteiger partial charge is 0.203 e. The van der Waals surface area contributed by atoms with Crippen molar-refractivity contribution in [1.82, 2.24) is 0 Å². The Morgan fingerprint density at radius 3 is 0.656 bits per heavy atom. The molecule has 61 heavy (non-hydrogen) atoms. The van der Waals surface area contributed by atoms with Crippen LogP contribution in [0.1, 0.15) is 132 Å². The number of benzene rings is 6. The monoisotopic (exact) mass is 824 g/mol. The van der Waals surface area contributed by atoms with Gasteiger partial charge in [0.15, 0.2) is 23.3 Å². The molecule has 0 aliphatic heterocycles. The molecule has 0 atom stereocenters. The van der Waals surface area contributed by atoms with E-state index in [-0.39, 0.29) is 0 Å². The van der Waals surface area contributed by atoms with Crippen molar-refractivity contribution in [3.63, 3.8) is 0 Å². The van der Waals surface area contributed by atoms with Crippen LogP contribution in [0, 0.1) is 23.3 Å². The van der Waals surface area contributed by atoms with Crippen LogP contribution in [0.25, 0.3) is 44.5 Å². The third-order valence-electron chi connectivity index (χ3n) is 12.3. The van der Waals surface area contributed by atoms with Gasteiger partial charge in [0.25, 0.3) is 0 Å². The van der Waals surface area contributed by atoms with Crippen LogP contribution in [0.4, 0.5) is 17.6 Å². The van der Waals surface area contributed by atoms with E-state index in [9.17, 15) is 0 Å². The summed E-state index contributed by atoms with van der Waals surface area (Å²) in [7, 11) is 0. The normalized spacial score (nSPS) is 11.4. The molecule has 6 rings (SSSR count). The lowest BCUT2D eigenvalue weighted by Crippen LogP contribution is -1.95. The molecule has 6 aromatic carbocycles. The van der Waals surface area contributed by atoms with E-state index in [1.165, 1.54) is 92.9 Å². The highest BCUT2D eigenvalue weighted by atomic mass is 19.2. The Balaban J connectivity index is 0.840. The van der Waals surface area contributed by atoms with Gasteiger partial charge in [-0.3, -0.25) is 0 Å². The molecule has 0 saturated heterocycles. The van der Waals surface area contributed by atoms with Gasteiger partial charge in [0.2, 0.25) is 0 Å². The fourth-order valence-corrected chi connectivity index (χ4v) is 8.45. The molecule has 0 N–H and O–H groups in total. The number of rotatable bonds is 24. The lowest BCUT2D eigenvalue weighted by atomic mass is 9.96. The number of hydrogen-bond donors (Lipinski definition) is 0. The van der Waals surface area contributed by atoms with Crippen molar-refractivity contribution in [3.8, 4) is 44.5 Å². The molecule has 0 aliphatic carbocycles. The molecule has 0 unspecified atom stereocenters. The van der Waals surface area contributed by atoms with E-state index in [0.29, 0.717) is 44.5 Å². The highest BCUT2D eigenvalue weighted by molar-refractivity contribution is 5.73. The summed E-state index contributed by atoms with van der Waals surface area (Å²) in [5.74, 6) is -3.19. The Morgan fingerprint density at radius 1 is 0.246 bits per heavy atom. The van der Waals surface area contributed by atoms with Gasteiger partial charge < -0.3 is 0 Å². The second-order valence-corrected chi connectivity index (χ2v) is 17.0. The zero-order valence-corrected chi connectivity index (χ0v) is 36.5. The topological polar surface area (TPSA) is 0 Å². The second-order valence-electron chi connectivity index (χ2n) is 17.0. The Hall–Kier alpha value is -4.96. The fraction of sp³-hybridized carbons (Fsp3) is 0.368. The number of aryl methyl sites for hydroxylation is 4. The molecular formula is C57H64F4. The van der Waals surface area contributed by atoms with E-state index >= 15 is 17.6 Å². The molecule has 0 amide bonds. The lowest BCUT2D eigenvalue weighted by Gasteiger charge is -2.11. The molecule has 0 radical (unpaired) electrons. The quantitative estimate of drug-likeness (QED) is 0.0421. The van der Waals surface area contributed by atoms with E-state index in [1.807, 2.05) is 97.1 Å². The summed E-state index contributed by atoms with van der Waals surface area (Å²) in [6, 6.07) is 38.3. The molecule has 0 heterocycles. The van der Waals surface area contributed by atoms with Crippen LogP contribution in [0.3, 0.4) is 0 Å². The molecule has 0 bridgehead atoms. The molecule has 0 nitrogen and oxygen atoms in total. The maximum Gasteiger partial charge on any atom is 0.167 e. The van der Waals surface area contributed by atoms with Crippen LogP contribution >= 0.6 is 0 Å². The lowest BCUT2D eigenvalue weighted by molar-refractivity contribution is 0.514. The zero-order valence-electron chi connectivity index (χ0n) is 36.5. The highest BCUT2D eigenvalue weighted by Crippen LogP contribution is 2.34. The van der Waals surface area contributed by atoms with Gasteiger partial charge in [-0.05, 0) is 95.9 Å². The van der Waals surface area contributed by atoms with E-state index in [1.54, 1.807) is 24.3 Å². The van der Waals surface area contributed by atoms with Gasteiger partial charge in [-0.25, -0.2) is 17.6 Å². The number of unbranched alkanes of at least 4 members (excludes halogenated alkanes) is 12. The van der Waals surface area contributed by atoms with E-state index in [4.69, 9.17) is 0 Å². The van der Waals surface area contributed by atoms with Crippen LogP contribution in [-0.2, 0) is 25.7 Å². The van der Waals surface area contributed by atoms with Crippen molar-refractivity contribution >= 4 is 0 Å². The van der Waals surface area contributed by atoms with Crippen LogP contribution in [0.2, 0.25) is 0 Å². The van der Waals surface area contributed by atoms with E-state index in [0.717, 1.165) is 51.4 Å². The molecule has 0 fully saturated rings. The summed E-state index contributed by atoms with van der Waals surface area (Å²) in [6.07, 6.45) is 21.8. The third-order valence-corrected chi connectivity index (χ3v) is 12.3. The van der Waals surface area contributed by atoms with Crippen molar-refractivity contribution in [2.24, 2.45) is 0 Å². The van der Waals surface area contributed by atoms with Crippen LogP contribution in [-0.4, -0.2) is 0 Å². The van der Waals surface area contributed by atoms with Crippen molar-refractivity contribution in [3.05, 3.63) is 167 Å². The smallest absolute Gasteiger partial charge is 0.167 e. The fourth-order valence-electron chi connectivity index (χ4n) is 8.45. The van der Waals surface area contributed by atoms with Crippen LogP contribution < -0.4 is 0 Å². The predicted octanol–water partition coefficient (Wildman–Crippen LogP) is 17.7. The Bertz CT molecular complexity index is 2060. The van der Waals surface area contributed by atoms with Gasteiger partial charge in [-0.2, -0.15) is 0 Å². The average Bonchev–Trinajstić information content (AvgIpc) is 3.29. The summed E-state index contributed by atoms with van der Waals surface area (Å²) in [6.45, 7) is 4.37. The molecular weight excluding hydrogens is 761 g/mol. The SMILES string of the molecule is CCCCCc1ccc(-c2ccc(-c3ccc(CCCCCCCCCCCc4ccc(-c5ccc(-c6ccc(CCCCC)cc6)c(F)c5F)cc4)cc3)c(F)c2F)cc1. The number of hydrogen-bond acceptors (Lipinski definition) is 0. The minimum absolute atomic E-state index is 0.294. The third kappa shape index (κ3) is 13.0. The zero-order chi connectivity index (χ0) is 42.8. The molecule has 0 aromatic heterocycles. The van der Waals surface area contributed by atoms with Gasteiger partial charge in [-0.15, -0.1) is 0 Å². The first kappa shape index (κ1) is 45.6. The first-order valence-electron chi connectivity index (χ1n) is 23.2. The highest BCUT2D eigenvalue weighted by Gasteiger charge is 2.18. The summed E-state index contributed by atoms with van der Waals surface area (Å²) >= 11 is 0. The molecule has 6 aromatic rings. The minimum atomic E-state index is -0.798.